The van der Waals surface area contributed by atoms with E-state index >= 15 is 0 Å². The normalized spacial score (nSPS) is 36.6. The van der Waals surface area contributed by atoms with Crippen LogP contribution in [0.2, 0.25) is 0 Å². The van der Waals surface area contributed by atoms with Gasteiger partial charge >= 0.3 is 17.9 Å². The third kappa shape index (κ3) is 1.99. The van der Waals surface area contributed by atoms with Gasteiger partial charge in [0.05, 0.1) is 5.92 Å². The van der Waals surface area contributed by atoms with Crippen LogP contribution in [0.3, 0.4) is 0 Å². The quantitative estimate of drug-likeness (QED) is 0.426. The van der Waals surface area contributed by atoms with Crippen molar-refractivity contribution in [1.82, 2.24) is 0 Å². The molecule has 0 aromatic rings. The van der Waals surface area contributed by atoms with Gasteiger partial charge in [-0.3, -0.25) is 4.79 Å². The first-order valence-corrected chi connectivity index (χ1v) is 6.70. The second-order valence-electron chi connectivity index (χ2n) is 5.71. The molecule has 0 N–H and O–H groups in total. The molecule has 20 heavy (non-hydrogen) atoms. The van der Waals surface area contributed by atoms with Gasteiger partial charge in [-0.05, 0) is 19.8 Å². The summed E-state index contributed by atoms with van der Waals surface area (Å²) in [6, 6.07) is 0. The van der Waals surface area contributed by atoms with E-state index in [2.05, 4.69) is 6.58 Å². The summed E-state index contributed by atoms with van der Waals surface area (Å²) < 4.78 is 15.3. The summed E-state index contributed by atoms with van der Waals surface area (Å²) in [6.07, 6.45) is 0.888. The maximum atomic E-state index is 11.7. The fraction of sp³-hybridized carbons (Fsp3) is 0.643. The Balaban J connectivity index is 1.54. The zero-order valence-electron chi connectivity index (χ0n) is 11.2. The first kappa shape index (κ1) is 13.1. The third-order valence-corrected chi connectivity index (χ3v) is 4.35. The van der Waals surface area contributed by atoms with Gasteiger partial charge in [0.25, 0.3) is 0 Å². The van der Waals surface area contributed by atoms with Crippen LogP contribution in [-0.2, 0) is 28.6 Å². The summed E-state index contributed by atoms with van der Waals surface area (Å²) in [5.74, 6) is -1.06. The van der Waals surface area contributed by atoms with Crippen LogP contribution in [0.5, 0.6) is 0 Å². The Morgan fingerprint density at radius 1 is 1.40 bits per heavy atom. The maximum Gasteiger partial charge on any atom is 0.344 e. The Hall–Kier alpha value is -1.85. The highest BCUT2D eigenvalue weighted by Gasteiger charge is 2.63. The van der Waals surface area contributed by atoms with Crippen molar-refractivity contribution in [2.24, 2.45) is 17.8 Å². The van der Waals surface area contributed by atoms with E-state index in [-0.39, 0.29) is 35.4 Å². The van der Waals surface area contributed by atoms with Crippen LogP contribution in [0.1, 0.15) is 19.8 Å². The Bertz CT molecular complexity index is 496. The van der Waals surface area contributed by atoms with Crippen LogP contribution in [0.15, 0.2) is 12.2 Å². The van der Waals surface area contributed by atoms with Gasteiger partial charge in [-0.25, -0.2) is 9.59 Å². The first-order valence-electron chi connectivity index (χ1n) is 6.70. The number of fused-ring (bicyclic) bond motifs is 1. The maximum absolute atomic E-state index is 11.7. The minimum Gasteiger partial charge on any atom is -0.458 e. The van der Waals surface area contributed by atoms with Crippen molar-refractivity contribution in [2.75, 3.05) is 6.61 Å². The Labute approximate surface area is 116 Å². The number of hydrogen-bond acceptors (Lipinski definition) is 6. The molecule has 2 saturated carbocycles. The van der Waals surface area contributed by atoms with Crippen molar-refractivity contribution in [1.29, 1.82) is 0 Å². The molecule has 3 aliphatic rings. The molecule has 3 rings (SSSR count). The second-order valence-corrected chi connectivity index (χ2v) is 5.71. The minimum absolute atomic E-state index is 0.0128. The van der Waals surface area contributed by atoms with Gasteiger partial charge in [-0.15, -0.1) is 0 Å². The molecular weight excluding hydrogens is 264 g/mol. The van der Waals surface area contributed by atoms with E-state index < -0.39 is 24.6 Å². The molecule has 0 radical (unpaired) electrons. The predicted molar refractivity (Wildman–Crippen MR) is 65.2 cm³/mol. The number of carbonyl (C=O) groups excluding carboxylic acids is 3. The zero-order valence-corrected chi connectivity index (χ0v) is 11.2. The van der Waals surface area contributed by atoms with Gasteiger partial charge in [-0.2, -0.15) is 0 Å². The van der Waals surface area contributed by atoms with Gasteiger partial charge in [-0.1, -0.05) is 6.58 Å². The molecule has 6 heteroatoms. The Kier molecular flexibility index (Phi) is 3.03. The Morgan fingerprint density at radius 3 is 2.85 bits per heavy atom. The summed E-state index contributed by atoms with van der Waals surface area (Å²) in [7, 11) is 0. The van der Waals surface area contributed by atoms with Crippen molar-refractivity contribution < 1.29 is 28.6 Å². The van der Waals surface area contributed by atoms with Gasteiger partial charge < -0.3 is 14.2 Å². The van der Waals surface area contributed by atoms with Crippen LogP contribution >= 0.6 is 0 Å². The van der Waals surface area contributed by atoms with E-state index in [9.17, 15) is 14.4 Å². The molecule has 0 aromatic heterocycles. The van der Waals surface area contributed by atoms with Gasteiger partial charge in [0.15, 0.2) is 6.61 Å². The Morgan fingerprint density at radius 2 is 2.15 bits per heavy atom. The molecule has 4 unspecified atom stereocenters. The largest absolute Gasteiger partial charge is 0.458 e. The number of rotatable bonds is 4. The lowest BCUT2D eigenvalue weighted by Crippen LogP contribution is -2.37. The van der Waals surface area contributed by atoms with Crippen LogP contribution in [0.25, 0.3) is 0 Å². The van der Waals surface area contributed by atoms with E-state index in [1.807, 2.05) is 0 Å². The highest BCUT2D eigenvalue weighted by atomic mass is 16.6. The molecule has 1 saturated heterocycles. The standard InChI is InChI=1S/C14H16O6/c1-6(2)13(16)18-5-10(15)19-11-7-3-8-9(4-7)14(17)20-12(8)11/h7-9,11-12H,1,3-5H2,2H3/t7?,8?,9?,11-,12?/m0/s1. The lowest BCUT2D eigenvalue weighted by Gasteiger charge is -2.25. The van der Waals surface area contributed by atoms with Crippen molar-refractivity contribution in [3.63, 3.8) is 0 Å². The van der Waals surface area contributed by atoms with Crippen LogP contribution in [0.4, 0.5) is 0 Å². The summed E-state index contributed by atoms with van der Waals surface area (Å²) in [5, 5.41) is 0. The average molecular weight is 280 g/mol. The van der Waals surface area contributed by atoms with Crippen molar-refractivity contribution in [3.05, 3.63) is 12.2 Å². The monoisotopic (exact) mass is 280 g/mol. The number of esters is 3. The summed E-state index contributed by atoms with van der Waals surface area (Å²) in [4.78, 5) is 34.4. The summed E-state index contributed by atoms with van der Waals surface area (Å²) in [6.45, 7) is 4.48. The lowest BCUT2D eigenvalue weighted by atomic mass is 9.88. The molecular formula is C14H16O6. The van der Waals surface area contributed by atoms with E-state index in [0.717, 1.165) is 12.8 Å². The second kappa shape index (κ2) is 4.61. The third-order valence-electron chi connectivity index (χ3n) is 4.35. The molecule has 0 spiro atoms. The average Bonchev–Trinajstić information content (AvgIpc) is 3.00. The predicted octanol–water partition coefficient (Wildman–Crippen LogP) is 0.599. The molecule has 108 valence electrons. The molecule has 1 heterocycles. The molecule has 6 nitrogen and oxygen atoms in total. The molecule has 3 fully saturated rings. The topological polar surface area (TPSA) is 78.9 Å². The van der Waals surface area contributed by atoms with Crippen molar-refractivity contribution in [3.8, 4) is 0 Å². The number of hydrogen-bond donors (Lipinski definition) is 0. The fourth-order valence-corrected chi connectivity index (χ4v) is 3.50. The van der Waals surface area contributed by atoms with Gasteiger partial charge in [0.2, 0.25) is 0 Å². The van der Waals surface area contributed by atoms with E-state index in [1.165, 1.54) is 6.92 Å². The molecule has 2 bridgehead atoms. The molecule has 5 atom stereocenters. The minimum atomic E-state index is -0.623. The highest BCUT2D eigenvalue weighted by molar-refractivity contribution is 5.88. The van der Waals surface area contributed by atoms with Crippen LogP contribution in [-0.4, -0.2) is 36.7 Å². The first-order chi connectivity index (χ1) is 9.47. The molecule has 0 aromatic carbocycles. The fourth-order valence-electron chi connectivity index (χ4n) is 3.50. The summed E-state index contributed by atoms with van der Waals surface area (Å²) >= 11 is 0. The number of ether oxygens (including phenoxy) is 3. The van der Waals surface area contributed by atoms with E-state index in [0.29, 0.717) is 0 Å². The van der Waals surface area contributed by atoms with E-state index in [4.69, 9.17) is 14.2 Å². The van der Waals surface area contributed by atoms with Crippen molar-refractivity contribution >= 4 is 17.9 Å². The van der Waals surface area contributed by atoms with E-state index in [1.54, 1.807) is 0 Å². The van der Waals surface area contributed by atoms with Crippen LogP contribution in [0, 0.1) is 17.8 Å². The smallest absolute Gasteiger partial charge is 0.344 e. The number of carbonyl (C=O) groups is 3. The lowest BCUT2D eigenvalue weighted by molar-refractivity contribution is -0.168. The molecule has 0 amide bonds. The van der Waals surface area contributed by atoms with Crippen LogP contribution < -0.4 is 0 Å². The van der Waals surface area contributed by atoms with Gasteiger partial charge in [0, 0.05) is 17.4 Å². The van der Waals surface area contributed by atoms with Crippen molar-refractivity contribution in [2.45, 2.75) is 32.0 Å². The SMILES string of the molecule is C=C(C)C(=O)OCC(=O)O[C@H]1C2CC3C(=O)OC1C3C2. The molecule has 2 aliphatic carbocycles. The summed E-state index contributed by atoms with van der Waals surface area (Å²) in [5.41, 5.74) is 0.227. The molecule has 1 aliphatic heterocycles. The highest BCUT2D eigenvalue weighted by Crippen LogP contribution is 2.55. The zero-order chi connectivity index (χ0) is 14.4. The van der Waals surface area contributed by atoms with Gasteiger partial charge in [0.1, 0.15) is 12.2 Å².